The highest BCUT2D eigenvalue weighted by Crippen LogP contribution is 2.39. The lowest BCUT2D eigenvalue weighted by Gasteiger charge is -2.30. The monoisotopic (exact) mass is 169 g/mol. The Labute approximate surface area is 74.7 Å². The van der Waals surface area contributed by atoms with Gasteiger partial charge in [0.1, 0.15) is 0 Å². The van der Waals surface area contributed by atoms with Gasteiger partial charge in [-0.25, -0.2) is 0 Å². The van der Waals surface area contributed by atoms with Gasteiger partial charge in [0.25, 0.3) is 0 Å². The van der Waals surface area contributed by atoms with E-state index >= 15 is 0 Å². The molecule has 0 saturated carbocycles. The minimum absolute atomic E-state index is 0.234. The number of carbonyl (C=O) groups excluding carboxylic acids is 1. The topological polar surface area (TPSA) is 29.1 Å². The third kappa shape index (κ3) is 1.47. The van der Waals surface area contributed by atoms with E-state index in [2.05, 4.69) is 26.1 Å². The van der Waals surface area contributed by atoms with E-state index in [1.54, 1.807) is 0 Å². The van der Waals surface area contributed by atoms with Crippen molar-refractivity contribution >= 4 is 5.91 Å². The van der Waals surface area contributed by atoms with E-state index in [0.717, 1.165) is 12.8 Å². The van der Waals surface area contributed by atoms with Crippen LogP contribution in [0.1, 0.15) is 46.5 Å². The Morgan fingerprint density at radius 3 is 2.58 bits per heavy atom. The lowest BCUT2D eigenvalue weighted by Crippen LogP contribution is -2.33. The first-order chi connectivity index (χ1) is 5.64. The number of nitrogens with one attached hydrogen (secondary N) is 1. The molecule has 0 aromatic rings. The molecule has 0 spiro atoms. The molecule has 1 N–H and O–H groups in total. The molecular formula is C10H19NO. The minimum atomic E-state index is 0.234. The van der Waals surface area contributed by atoms with E-state index in [4.69, 9.17) is 0 Å². The number of hydrogen-bond acceptors (Lipinski definition) is 1. The van der Waals surface area contributed by atoms with Crippen LogP contribution in [0.3, 0.4) is 0 Å². The third-order valence-corrected chi connectivity index (χ3v) is 3.26. The van der Waals surface area contributed by atoms with Gasteiger partial charge < -0.3 is 5.32 Å². The summed E-state index contributed by atoms with van der Waals surface area (Å²) in [4.78, 5) is 11.2. The molecule has 1 aliphatic rings. The van der Waals surface area contributed by atoms with E-state index in [-0.39, 0.29) is 11.3 Å². The molecule has 1 saturated heterocycles. The van der Waals surface area contributed by atoms with Crippen molar-refractivity contribution in [1.29, 1.82) is 0 Å². The molecule has 12 heavy (non-hydrogen) atoms. The second-order valence-electron chi connectivity index (χ2n) is 3.93. The van der Waals surface area contributed by atoms with E-state index < -0.39 is 0 Å². The first-order valence-electron chi connectivity index (χ1n) is 4.94. The molecule has 2 atom stereocenters. The molecule has 2 nitrogen and oxygen atoms in total. The Kier molecular flexibility index (Phi) is 2.76. The highest BCUT2D eigenvalue weighted by atomic mass is 16.2. The van der Waals surface area contributed by atoms with Crippen molar-refractivity contribution in [3.63, 3.8) is 0 Å². The molecule has 0 aliphatic carbocycles. The van der Waals surface area contributed by atoms with Gasteiger partial charge in [-0.3, -0.25) is 4.79 Å². The van der Waals surface area contributed by atoms with Crippen molar-refractivity contribution in [2.24, 2.45) is 5.41 Å². The Hall–Kier alpha value is -0.530. The Bertz CT molecular complexity index is 179. The van der Waals surface area contributed by atoms with Gasteiger partial charge in [0.15, 0.2) is 0 Å². The molecule has 1 fully saturated rings. The summed E-state index contributed by atoms with van der Waals surface area (Å²) in [6.07, 6.45) is 4.19. The average Bonchev–Trinajstić information content (AvgIpc) is 2.28. The van der Waals surface area contributed by atoms with Crippen LogP contribution < -0.4 is 5.32 Å². The van der Waals surface area contributed by atoms with Crippen LogP contribution in [0.2, 0.25) is 0 Å². The summed E-state index contributed by atoms with van der Waals surface area (Å²) in [6, 6.07) is 0.370. The predicted molar refractivity (Wildman–Crippen MR) is 49.9 cm³/mol. The van der Waals surface area contributed by atoms with Crippen molar-refractivity contribution in [3.8, 4) is 0 Å². The van der Waals surface area contributed by atoms with Crippen molar-refractivity contribution in [3.05, 3.63) is 0 Å². The van der Waals surface area contributed by atoms with Crippen LogP contribution in [-0.4, -0.2) is 11.9 Å². The van der Waals surface area contributed by atoms with Crippen molar-refractivity contribution in [2.45, 2.75) is 52.5 Å². The predicted octanol–water partition coefficient (Wildman–Crippen LogP) is 2.09. The number of rotatable bonds is 3. The first-order valence-corrected chi connectivity index (χ1v) is 4.94. The molecule has 1 heterocycles. The largest absolute Gasteiger partial charge is 0.353 e. The number of carbonyl (C=O) groups is 1. The van der Waals surface area contributed by atoms with Gasteiger partial charge in [0, 0.05) is 12.5 Å². The normalized spacial score (nSPS) is 35.2. The van der Waals surface area contributed by atoms with Crippen LogP contribution in [0.4, 0.5) is 0 Å². The average molecular weight is 169 g/mol. The smallest absolute Gasteiger partial charge is 0.220 e. The fraction of sp³-hybridized carbons (Fsp3) is 0.900. The summed E-state index contributed by atoms with van der Waals surface area (Å²) in [7, 11) is 0. The molecule has 0 bridgehead atoms. The van der Waals surface area contributed by atoms with Gasteiger partial charge in [0.05, 0.1) is 0 Å². The van der Waals surface area contributed by atoms with E-state index in [0.29, 0.717) is 6.04 Å². The summed E-state index contributed by atoms with van der Waals surface area (Å²) < 4.78 is 0. The Balaban J connectivity index is 2.71. The van der Waals surface area contributed by atoms with Crippen LogP contribution in [0.5, 0.6) is 0 Å². The van der Waals surface area contributed by atoms with Crippen LogP contribution in [0.25, 0.3) is 0 Å². The maximum absolute atomic E-state index is 11.2. The van der Waals surface area contributed by atoms with Crippen molar-refractivity contribution in [1.82, 2.24) is 5.32 Å². The van der Waals surface area contributed by atoms with E-state index in [9.17, 15) is 4.79 Å². The molecule has 2 heteroatoms. The van der Waals surface area contributed by atoms with Crippen LogP contribution in [0.15, 0.2) is 0 Å². The van der Waals surface area contributed by atoms with Gasteiger partial charge in [-0.05, 0) is 25.2 Å². The highest BCUT2D eigenvalue weighted by molar-refractivity contribution is 5.79. The zero-order valence-corrected chi connectivity index (χ0v) is 8.31. The summed E-state index contributed by atoms with van der Waals surface area (Å²) in [5.41, 5.74) is 0.256. The fourth-order valence-electron chi connectivity index (χ4n) is 2.33. The quantitative estimate of drug-likeness (QED) is 0.688. The lowest BCUT2D eigenvalue weighted by molar-refractivity contribution is -0.119. The van der Waals surface area contributed by atoms with E-state index in [1.807, 2.05) is 0 Å². The molecular weight excluding hydrogens is 150 g/mol. The summed E-state index contributed by atoms with van der Waals surface area (Å²) >= 11 is 0. The minimum Gasteiger partial charge on any atom is -0.353 e. The van der Waals surface area contributed by atoms with Gasteiger partial charge in [0.2, 0.25) is 5.91 Å². The first kappa shape index (κ1) is 9.56. The SMILES string of the molecule is CCCC1(CC)CC(=O)NC1C. The standard InChI is InChI=1S/C10H19NO/c1-4-6-10(5-2)7-9(12)11-8(10)3/h8H,4-7H2,1-3H3,(H,11,12). The third-order valence-electron chi connectivity index (χ3n) is 3.26. The van der Waals surface area contributed by atoms with E-state index in [1.165, 1.54) is 12.8 Å². The molecule has 70 valence electrons. The lowest BCUT2D eigenvalue weighted by atomic mass is 9.75. The van der Waals surface area contributed by atoms with Crippen LogP contribution >= 0.6 is 0 Å². The van der Waals surface area contributed by atoms with Crippen LogP contribution in [-0.2, 0) is 4.79 Å². The molecule has 1 amide bonds. The zero-order chi connectivity index (χ0) is 9.19. The second-order valence-corrected chi connectivity index (χ2v) is 3.93. The van der Waals surface area contributed by atoms with Crippen LogP contribution in [0, 0.1) is 5.41 Å². The molecule has 0 aromatic carbocycles. The molecule has 1 rings (SSSR count). The number of hydrogen-bond donors (Lipinski definition) is 1. The fourth-order valence-corrected chi connectivity index (χ4v) is 2.33. The van der Waals surface area contributed by atoms with Gasteiger partial charge in [-0.1, -0.05) is 20.3 Å². The molecule has 0 radical (unpaired) electrons. The second kappa shape index (κ2) is 3.46. The molecule has 1 aliphatic heterocycles. The van der Waals surface area contributed by atoms with Crippen molar-refractivity contribution in [2.75, 3.05) is 0 Å². The van der Waals surface area contributed by atoms with Gasteiger partial charge in [-0.15, -0.1) is 0 Å². The zero-order valence-electron chi connectivity index (χ0n) is 8.31. The molecule has 2 unspecified atom stereocenters. The highest BCUT2D eigenvalue weighted by Gasteiger charge is 2.41. The van der Waals surface area contributed by atoms with Crippen molar-refractivity contribution < 1.29 is 4.79 Å². The summed E-state index contributed by atoms with van der Waals surface area (Å²) in [6.45, 7) is 6.50. The summed E-state index contributed by atoms with van der Waals surface area (Å²) in [5, 5.41) is 3.00. The number of amides is 1. The molecule has 0 aromatic heterocycles. The van der Waals surface area contributed by atoms with Gasteiger partial charge in [-0.2, -0.15) is 0 Å². The van der Waals surface area contributed by atoms with Gasteiger partial charge >= 0.3 is 0 Å². The maximum atomic E-state index is 11.2. The summed E-state index contributed by atoms with van der Waals surface area (Å²) in [5.74, 6) is 0.234. The maximum Gasteiger partial charge on any atom is 0.220 e. The Morgan fingerprint density at radius 1 is 1.58 bits per heavy atom. The Morgan fingerprint density at radius 2 is 2.25 bits per heavy atom.